The fraction of sp³-hybridized carbons (Fsp3) is 0.368. The lowest BCUT2D eigenvalue weighted by Crippen LogP contribution is -2.51. The van der Waals surface area contributed by atoms with Gasteiger partial charge in [-0.1, -0.05) is 110 Å². The number of phosphoric ester groups is 1. The van der Waals surface area contributed by atoms with Gasteiger partial charge in [0.25, 0.3) is 17.0 Å². The number of aryl methyl sites for hydroxylation is 1. The number of phosphoric acid groups is 1. The summed E-state index contributed by atoms with van der Waals surface area (Å²) >= 11 is 0. The minimum Gasteiger partial charge on any atom is -0.497 e. The fourth-order valence-electron chi connectivity index (χ4n) is 12.2. The van der Waals surface area contributed by atoms with Gasteiger partial charge in [-0.15, -0.1) is 6.42 Å². The highest BCUT2D eigenvalue weighted by atomic mass is 31.2. The van der Waals surface area contributed by atoms with Crippen LogP contribution < -0.4 is 36.3 Å². The van der Waals surface area contributed by atoms with E-state index >= 15 is 14.2 Å². The van der Waals surface area contributed by atoms with Crippen molar-refractivity contribution >= 4 is 65.1 Å². The Morgan fingerprint density at radius 1 is 0.659 bits per heavy atom. The summed E-state index contributed by atoms with van der Waals surface area (Å²) in [5.41, 5.74) is -2.21. The molecule has 2 aliphatic heterocycles. The van der Waals surface area contributed by atoms with Gasteiger partial charge in [-0.3, -0.25) is 57.0 Å². The lowest BCUT2D eigenvalue weighted by atomic mass is 9.80. The molecule has 0 spiro atoms. The van der Waals surface area contributed by atoms with Crippen molar-refractivity contribution in [2.75, 3.05) is 45.9 Å². The minimum absolute atomic E-state index is 0.0670. The van der Waals surface area contributed by atoms with Crippen LogP contribution in [0.1, 0.15) is 126 Å². The van der Waals surface area contributed by atoms with E-state index in [0.29, 0.717) is 43.9 Å². The molecule has 2 fully saturated rings. The van der Waals surface area contributed by atoms with E-state index in [1.54, 1.807) is 66.2 Å². The quantitative estimate of drug-likeness (QED) is 0.00803. The van der Waals surface area contributed by atoms with Crippen LogP contribution in [0, 0.1) is 157 Å². The van der Waals surface area contributed by atoms with E-state index in [4.69, 9.17) is 73.6 Å². The summed E-state index contributed by atoms with van der Waals surface area (Å²) in [6, 6.07) is 27.5. The zero-order chi connectivity index (χ0) is 91.7. The number of carbonyl (C=O) groups is 4. The molecule has 2 aliphatic rings. The summed E-state index contributed by atoms with van der Waals surface area (Å²) in [5, 5.41) is 1.44. The number of fused-ring (bicyclic) bond motifs is 1. The Kier molecular flexibility index (Phi) is 33.1. The highest BCUT2D eigenvalue weighted by Crippen LogP contribution is 2.56. The molecule has 2 N–H and O–H groups in total. The van der Waals surface area contributed by atoms with Crippen molar-refractivity contribution in [3.63, 3.8) is 0 Å². The SMILES string of the molecule is [C-]#[N+]CCOP(=O)(OC[C@H]1O[C@@H](n2ccc(=O)n(C(=O)c3cc(C)c(C)c(OC#CC#CC#CC#CC#CC#CC#CC#CC#CC#CC#C)c3)c2=O)[C@@H](O[Si](C)(C)C(C)(C)C)C1OC(=O)CCC(C)=O)OC1[C@@H](COC(c2ccccc2)(c2ccc(OC)cc2)c2ccc(OC)cc2)O[C@@H](n2cnc3c(=O)[nH]c(NC(=O)C(C)C)nc32)[C@H]1O[Si](C)(C)C(C)(C)C. The average molecular weight is 1750 g/mol. The maximum Gasteiger partial charge on any atom is 0.475 e. The van der Waals surface area contributed by atoms with Crippen LogP contribution in [0.2, 0.25) is 36.3 Å². The van der Waals surface area contributed by atoms with Crippen LogP contribution in [0.25, 0.3) is 16.0 Å². The van der Waals surface area contributed by atoms with Crippen LogP contribution in [-0.4, -0.2) is 146 Å². The van der Waals surface area contributed by atoms with Gasteiger partial charge in [-0.25, -0.2) is 20.9 Å². The third-order valence-corrected chi connectivity index (χ3v) is 31.4. The second-order valence-corrected chi connectivity index (χ2v) is 43.0. The van der Waals surface area contributed by atoms with Gasteiger partial charge in [0, 0.05) is 101 Å². The molecule has 0 saturated carbocycles. The molecule has 9 atom stereocenters. The third-order valence-electron chi connectivity index (χ3n) is 21.0. The smallest absolute Gasteiger partial charge is 0.475 e. The van der Waals surface area contributed by atoms with Crippen LogP contribution in [0.3, 0.4) is 0 Å². The van der Waals surface area contributed by atoms with Gasteiger partial charge >= 0.3 is 19.5 Å². The molecule has 3 unspecified atom stereocenters. The normalized spacial score (nSPS) is 17.3. The summed E-state index contributed by atoms with van der Waals surface area (Å²) in [6.07, 6.45) is -3.42. The number of hydrogen-bond donors (Lipinski definition) is 2. The van der Waals surface area contributed by atoms with Crippen LogP contribution in [0.4, 0.5) is 5.95 Å². The summed E-state index contributed by atoms with van der Waals surface area (Å²) in [5.74, 6) is 46.8. The van der Waals surface area contributed by atoms with E-state index in [2.05, 4.69) is 145 Å². The van der Waals surface area contributed by atoms with E-state index in [1.807, 2.05) is 122 Å². The van der Waals surface area contributed by atoms with Gasteiger partial charge in [-0.2, -0.15) is 9.55 Å². The van der Waals surface area contributed by atoms with Gasteiger partial charge < -0.3 is 51.6 Å². The number of nitrogens with zero attached hydrogens (tertiary/aromatic N) is 6. The molecule has 0 aliphatic carbocycles. The predicted molar refractivity (Wildman–Crippen MR) is 475 cm³/mol. The highest BCUT2D eigenvalue weighted by Gasteiger charge is 2.58. The number of Topliss-reactive ketones (excluding diaryl/α,β-unsaturated/α-hetero) is 1. The second-order valence-electron chi connectivity index (χ2n) is 31.8. The van der Waals surface area contributed by atoms with Crippen molar-refractivity contribution in [2.45, 2.75) is 180 Å². The first kappa shape index (κ1) is 96.4. The van der Waals surface area contributed by atoms with Crippen molar-refractivity contribution in [3.8, 4) is 148 Å². The number of terminal acetylenes is 1. The lowest BCUT2D eigenvalue weighted by Gasteiger charge is -2.41. The maximum atomic E-state index is 16.8. The molecule has 5 heterocycles. The molecule has 646 valence electrons. The summed E-state index contributed by atoms with van der Waals surface area (Å²) < 4.78 is 99.3. The van der Waals surface area contributed by atoms with Crippen LogP contribution in [0.5, 0.6) is 17.2 Å². The first-order valence-corrected chi connectivity index (χ1v) is 46.8. The number of anilines is 1. The Labute approximate surface area is 734 Å². The Hall–Kier alpha value is -13.4. The van der Waals surface area contributed by atoms with Crippen molar-refractivity contribution < 1.29 is 79.3 Å². The van der Waals surface area contributed by atoms with Crippen LogP contribution in [-0.2, 0) is 65.9 Å². The Bertz CT molecular complexity index is 6280. The van der Waals surface area contributed by atoms with E-state index in [1.165, 1.54) is 30.0 Å². The molecule has 3 aromatic heterocycles. The number of nitrogens with one attached hydrogen (secondary N) is 2. The first-order valence-electron chi connectivity index (χ1n) is 39.6. The largest absolute Gasteiger partial charge is 0.497 e. The number of H-pyrrole nitrogens is 1. The highest BCUT2D eigenvalue weighted by molar-refractivity contribution is 7.48. The van der Waals surface area contributed by atoms with Crippen molar-refractivity contribution in [2.24, 2.45) is 5.92 Å². The number of carbonyl (C=O) groups excluding carboxylic acids is 4. The number of benzene rings is 4. The van der Waals surface area contributed by atoms with Crippen molar-refractivity contribution in [1.29, 1.82) is 0 Å². The Morgan fingerprint density at radius 3 is 1.67 bits per heavy atom. The number of hydrogen-bond acceptors (Lipinski definition) is 22. The molecule has 0 radical (unpaired) electrons. The van der Waals surface area contributed by atoms with Gasteiger partial charge in [0.2, 0.25) is 18.4 Å². The van der Waals surface area contributed by atoms with Gasteiger partial charge in [-0.05, 0) is 169 Å². The number of amides is 1. The van der Waals surface area contributed by atoms with E-state index in [9.17, 15) is 24.0 Å². The number of ketones is 1. The maximum absolute atomic E-state index is 16.8. The first-order chi connectivity index (χ1) is 59.9. The molecular formula is C95H93N8O20PSi2. The summed E-state index contributed by atoms with van der Waals surface area (Å²) in [6.45, 7) is 32.9. The minimum atomic E-state index is -5.38. The van der Waals surface area contributed by atoms with Crippen LogP contribution in [0.15, 0.2) is 124 Å². The molecule has 9 rings (SSSR count). The van der Waals surface area contributed by atoms with Crippen molar-refractivity contribution in [1.82, 2.24) is 28.7 Å². The Balaban J connectivity index is 1.14. The molecule has 1 amide bonds. The number of imidazole rings is 1. The molecule has 2 saturated heterocycles. The summed E-state index contributed by atoms with van der Waals surface area (Å²) in [7, 11) is -8.70. The van der Waals surface area contributed by atoms with Crippen LogP contribution >= 0.6 is 7.82 Å². The number of aromatic nitrogens is 6. The molecule has 7 aromatic rings. The molecule has 28 nitrogen and oxygen atoms in total. The molecular weight excluding hydrogens is 1660 g/mol. The fourth-order valence-corrected chi connectivity index (χ4v) is 16.2. The van der Waals surface area contributed by atoms with Gasteiger partial charge in [0.15, 0.2) is 46.4 Å². The monoisotopic (exact) mass is 1750 g/mol. The van der Waals surface area contributed by atoms with E-state index in [0.717, 1.165) is 16.8 Å². The Morgan fingerprint density at radius 2 is 1.17 bits per heavy atom. The number of methoxy groups -OCH3 is 2. The lowest BCUT2D eigenvalue weighted by molar-refractivity contribution is -0.156. The summed E-state index contributed by atoms with van der Waals surface area (Å²) in [4.78, 5) is 114. The predicted octanol–water partition coefficient (Wildman–Crippen LogP) is 11.4. The zero-order valence-corrected chi connectivity index (χ0v) is 75.6. The topological polar surface area (TPSA) is 320 Å². The number of ether oxygens (including phenoxy) is 7. The molecule has 126 heavy (non-hydrogen) atoms. The van der Waals surface area contributed by atoms with Gasteiger partial charge in [0.05, 0.1) is 40.2 Å². The zero-order valence-electron chi connectivity index (χ0n) is 72.7. The standard InChI is InChI=1S/C95H93N8O20PSi2/c1-20-21-22-23-24-25-26-27-28-29-30-31-32-33-34-35-36-37-38-42-58-114-75-61-69(60-66(4)68(75)6)88(109)103-78(105)55-57-101(92(103)110)89-83(122-125(16,17)93(7,8)9)81(120-79(106)54-45-67(5)104)77(119-89)63-117-124(111,116-59-56-96-13)121-82-76(62-115-95(70-43-40-39-41-44-70,71-46-50-73(112-14)51-47-71)72-48-52-74(113-15)53-49-72)118-90(84(82)123-126(18,19)94(10,11)12)102-64-97-80-85(102)98-91(100-87(80)108)99-86(107)65(2)3/h1,39-41,43-44,46-53,55,57,60-61,64-65,76-77,81-84,89-90H,45,54,56,59,62-63H2,2-12,14-19H3,(H2,98,99,100,107,108)/t76-,77-,81?,82?,83+,84+,89-,90-,124?/m1/s1. The number of esters is 1. The van der Waals surface area contributed by atoms with E-state index in [-0.39, 0.29) is 40.6 Å². The van der Waals surface area contributed by atoms with Crippen molar-refractivity contribution in [3.05, 3.63) is 186 Å². The molecule has 4 aromatic carbocycles. The number of aromatic amines is 1. The second kappa shape index (κ2) is 43.3. The molecule has 31 heteroatoms. The van der Waals surface area contributed by atoms with Gasteiger partial charge in [0.1, 0.15) is 71.9 Å². The molecule has 0 bridgehead atoms. The number of rotatable bonds is 30. The van der Waals surface area contributed by atoms with E-state index < -0.39 is 163 Å². The average Bonchev–Trinajstić information content (AvgIpc) is 1.27. The third kappa shape index (κ3) is 24.3.